The average Bonchev–Trinajstić information content (AvgIpc) is 2.47. The minimum absolute atomic E-state index is 0.0972. The van der Waals surface area contributed by atoms with Crippen LogP contribution in [0.25, 0.3) is 0 Å². The molecule has 3 nitrogen and oxygen atoms in total. The summed E-state index contributed by atoms with van der Waals surface area (Å²) in [4.78, 5) is 4.45. The molecule has 0 aliphatic carbocycles. The van der Waals surface area contributed by atoms with Gasteiger partial charge in [-0.3, -0.25) is 0 Å². The van der Waals surface area contributed by atoms with Crippen molar-refractivity contribution in [2.75, 3.05) is 32.1 Å². The molecule has 2 N–H and O–H groups in total. The summed E-state index contributed by atoms with van der Waals surface area (Å²) >= 11 is 0. The zero-order chi connectivity index (χ0) is 15.4. The summed E-state index contributed by atoms with van der Waals surface area (Å²) in [6, 6.07) is 5.97. The Kier molecular flexibility index (Phi) is 5.59. The molecule has 0 bridgehead atoms. The normalized spacial score (nSPS) is 20.9. The third-order valence-electron chi connectivity index (χ3n) is 4.52. The van der Waals surface area contributed by atoms with Gasteiger partial charge in [-0.15, -0.1) is 0 Å². The van der Waals surface area contributed by atoms with Gasteiger partial charge in [0.2, 0.25) is 0 Å². The molecule has 0 spiro atoms. The van der Waals surface area contributed by atoms with E-state index >= 15 is 0 Å². The van der Waals surface area contributed by atoms with Gasteiger partial charge in [0.15, 0.2) is 0 Å². The number of nitrogens with two attached hydrogens (primary N) is 1. The number of nitrogens with zero attached hydrogens (tertiary/aromatic N) is 2. The molecular weight excluding hydrogens is 265 g/mol. The van der Waals surface area contributed by atoms with Gasteiger partial charge in [0, 0.05) is 25.2 Å². The number of halogens is 1. The van der Waals surface area contributed by atoms with Gasteiger partial charge in [-0.1, -0.05) is 19.1 Å². The smallest absolute Gasteiger partial charge is 0.146 e. The van der Waals surface area contributed by atoms with Crippen LogP contribution < -0.4 is 10.6 Å². The lowest BCUT2D eigenvalue weighted by molar-refractivity contribution is 0.257. The van der Waals surface area contributed by atoms with E-state index < -0.39 is 0 Å². The fraction of sp³-hybridized carbons (Fsp3) is 0.647. The number of likely N-dealkylation sites (N-methyl/N-ethyl adjacent to an activating group) is 1. The van der Waals surface area contributed by atoms with Crippen molar-refractivity contribution in [2.45, 2.75) is 44.7 Å². The molecule has 118 valence electrons. The maximum Gasteiger partial charge on any atom is 0.146 e. The number of anilines is 1. The maximum absolute atomic E-state index is 14.4. The molecule has 4 heteroatoms. The number of hydrogen-bond acceptors (Lipinski definition) is 3. The molecule has 2 rings (SSSR count). The molecule has 1 aliphatic rings. The Hall–Kier alpha value is -1.13. The van der Waals surface area contributed by atoms with E-state index in [-0.39, 0.29) is 11.9 Å². The Morgan fingerprint density at radius 2 is 2.19 bits per heavy atom. The molecule has 1 fully saturated rings. The lowest BCUT2D eigenvalue weighted by atomic mass is 9.98. The lowest BCUT2D eigenvalue weighted by Crippen LogP contribution is -2.45. The summed E-state index contributed by atoms with van der Waals surface area (Å²) in [7, 11) is 4.20. The molecule has 1 aliphatic heterocycles. The molecule has 2 atom stereocenters. The first-order valence-corrected chi connectivity index (χ1v) is 7.97. The van der Waals surface area contributed by atoms with Crippen LogP contribution in [0.15, 0.2) is 18.2 Å². The van der Waals surface area contributed by atoms with Gasteiger partial charge in [-0.2, -0.15) is 0 Å². The van der Waals surface area contributed by atoms with Gasteiger partial charge in [-0.25, -0.2) is 4.39 Å². The average molecular weight is 293 g/mol. The van der Waals surface area contributed by atoms with Crippen LogP contribution in [-0.4, -0.2) is 44.2 Å². The Morgan fingerprint density at radius 3 is 2.86 bits per heavy atom. The minimum Gasteiger partial charge on any atom is -0.367 e. The van der Waals surface area contributed by atoms with Crippen LogP contribution in [0, 0.1) is 5.82 Å². The molecule has 21 heavy (non-hydrogen) atoms. The molecule has 0 aromatic heterocycles. The SMILES string of the molecule is CCC(N)Cc1cccc(F)c1N1CCCC(N(C)C)C1. The second kappa shape index (κ2) is 7.23. The summed E-state index contributed by atoms with van der Waals surface area (Å²) in [6.07, 6.45) is 3.95. The van der Waals surface area contributed by atoms with Gasteiger partial charge in [0.1, 0.15) is 5.82 Å². The fourth-order valence-electron chi connectivity index (χ4n) is 3.08. The van der Waals surface area contributed by atoms with E-state index in [0.717, 1.165) is 43.6 Å². The molecule has 2 unspecified atom stereocenters. The van der Waals surface area contributed by atoms with Crippen molar-refractivity contribution < 1.29 is 4.39 Å². The fourth-order valence-corrected chi connectivity index (χ4v) is 3.08. The summed E-state index contributed by atoms with van der Waals surface area (Å²) in [5.41, 5.74) is 7.90. The van der Waals surface area contributed by atoms with Crippen molar-refractivity contribution in [1.82, 2.24) is 4.90 Å². The van der Waals surface area contributed by atoms with Crippen molar-refractivity contribution >= 4 is 5.69 Å². The second-order valence-corrected chi connectivity index (χ2v) is 6.33. The molecule has 0 amide bonds. The predicted octanol–water partition coefficient (Wildman–Crippen LogP) is 2.64. The van der Waals surface area contributed by atoms with Crippen LogP contribution in [-0.2, 0) is 6.42 Å². The zero-order valence-electron chi connectivity index (χ0n) is 13.5. The van der Waals surface area contributed by atoms with Crippen LogP contribution in [0.4, 0.5) is 10.1 Å². The molecule has 0 saturated carbocycles. The second-order valence-electron chi connectivity index (χ2n) is 6.33. The van der Waals surface area contributed by atoms with Gasteiger partial charge in [0.05, 0.1) is 5.69 Å². The number of rotatable bonds is 5. The van der Waals surface area contributed by atoms with Crippen molar-refractivity contribution in [1.29, 1.82) is 0 Å². The van der Waals surface area contributed by atoms with E-state index in [1.807, 2.05) is 6.07 Å². The van der Waals surface area contributed by atoms with Gasteiger partial charge in [-0.05, 0) is 51.4 Å². The summed E-state index contributed by atoms with van der Waals surface area (Å²) in [5.74, 6) is -0.116. The molecular formula is C17H28FN3. The van der Waals surface area contributed by atoms with Crippen molar-refractivity contribution in [2.24, 2.45) is 5.73 Å². The monoisotopic (exact) mass is 293 g/mol. The van der Waals surface area contributed by atoms with E-state index in [4.69, 9.17) is 5.73 Å². The van der Waals surface area contributed by atoms with E-state index in [9.17, 15) is 4.39 Å². The minimum atomic E-state index is -0.116. The largest absolute Gasteiger partial charge is 0.367 e. The molecule has 1 aromatic carbocycles. The Balaban J connectivity index is 2.25. The maximum atomic E-state index is 14.4. The zero-order valence-corrected chi connectivity index (χ0v) is 13.5. The highest BCUT2D eigenvalue weighted by molar-refractivity contribution is 5.55. The van der Waals surface area contributed by atoms with Crippen LogP contribution in [0.5, 0.6) is 0 Å². The number of piperidine rings is 1. The lowest BCUT2D eigenvalue weighted by Gasteiger charge is -2.38. The number of hydrogen-bond donors (Lipinski definition) is 1. The summed E-state index contributed by atoms with van der Waals surface area (Å²) in [6.45, 7) is 3.90. The molecule has 1 aromatic rings. The third-order valence-corrected chi connectivity index (χ3v) is 4.52. The first-order valence-electron chi connectivity index (χ1n) is 7.97. The van der Waals surface area contributed by atoms with Crippen LogP contribution in [0.3, 0.4) is 0 Å². The quantitative estimate of drug-likeness (QED) is 0.906. The van der Waals surface area contributed by atoms with E-state index in [0.29, 0.717) is 6.04 Å². The highest BCUT2D eigenvalue weighted by Gasteiger charge is 2.25. The number of para-hydroxylation sites is 1. The van der Waals surface area contributed by atoms with E-state index in [1.165, 1.54) is 6.42 Å². The molecule has 1 heterocycles. The Labute approximate surface area is 127 Å². The highest BCUT2D eigenvalue weighted by Crippen LogP contribution is 2.29. The molecule has 0 radical (unpaired) electrons. The van der Waals surface area contributed by atoms with Gasteiger partial charge < -0.3 is 15.5 Å². The number of benzene rings is 1. The Bertz CT molecular complexity index is 461. The van der Waals surface area contributed by atoms with E-state index in [1.54, 1.807) is 12.1 Å². The van der Waals surface area contributed by atoms with Crippen molar-refractivity contribution in [3.8, 4) is 0 Å². The third kappa shape index (κ3) is 3.95. The van der Waals surface area contributed by atoms with Crippen molar-refractivity contribution in [3.63, 3.8) is 0 Å². The summed E-state index contributed by atoms with van der Waals surface area (Å²) in [5, 5.41) is 0. The predicted molar refractivity (Wildman–Crippen MR) is 87.3 cm³/mol. The summed E-state index contributed by atoms with van der Waals surface area (Å²) < 4.78 is 14.4. The first kappa shape index (κ1) is 16.2. The van der Waals surface area contributed by atoms with Gasteiger partial charge >= 0.3 is 0 Å². The highest BCUT2D eigenvalue weighted by atomic mass is 19.1. The molecule has 1 saturated heterocycles. The van der Waals surface area contributed by atoms with Crippen LogP contribution in [0.2, 0.25) is 0 Å². The van der Waals surface area contributed by atoms with Crippen LogP contribution in [0.1, 0.15) is 31.7 Å². The first-order chi connectivity index (χ1) is 10.0. The van der Waals surface area contributed by atoms with Crippen molar-refractivity contribution in [3.05, 3.63) is 29.6 Å². The topological polar surface area (TPSA) is 32.5 Å². The Morgan fingerprint density at radius 1 is 1.43 bits per heavy atom. The standard InChI is InChI=1S/C17H28FN3/c1-4-14(19)11-13-7-5-9-16(18)17(13)21-10-6-8-15(12-21)20(2)3/h5,7,9,14-15H,4,6,8,10-12,19H2,1-3H3. The van der Waals surface area contributed by atoms with E-state index in [2.05, 4.69) is 30.8 Å². The van der Waals surface area contributed by atoms with Crippen LogP contribution >= 0.6 is 0 Å². The van der Waals surface area contributed by atoms with Gasteiger partial charge in [0.25, 0.3) is 0 Å².